The molecule has 100 valence electrons. The highest BCUT2D eigenvalue weighted by molar-refractivity contribution is 9.10. The van der Waals surface area contributed by atoms with Crippen LogP contribution in [0.2, 0.25) is 5.02 Å². The summed E-state index contributed by atoms with van der Waals surface area (Å²) in [5, 5.41) is 3.02. The van der Waals surface area contributed by atoms with Gasteiger partial charge in [0.1, 0.15) is 11.6 Å². The van der Waals surface area contributed by atoms with Crippen LogP contribution < -0.4 is 15.8 Å². The molecule has 0 aliphatic carbocycles. The summed E-state index contributed by atoms with van der Waals surface area (Å²) in [4.78, 5) is 0. The van der Waals surface area contributed by atoms with Crippen LogP contribution in [0, 0.1) is 5.82 Å². The molecule has 0 aliphatic rings. The maximum atomic E-state index is 13.4. The Bertz CT molecular complexity index is 622. The largest absolute Gasteiger partial charge is 0.497 e. The summed E-state index contributed by atoms with van der Waals surface area (Å²) in [7, 11) is 1.57. The molecule has 0 heterocycles. The Hall–Kier alpha value is -1.46. The second kappa shape index (κ2) is 5.67. The molecule has 2 aromatic rings. The first-order valence-electron chi connectivity index (χ1n) is 5.35. The van der Waals surface area contributed by atoms with Gasteiger partial charge in [0.15, 0.2) is 0 Å². The molecule has 0 saturated carbocycles. The van der Waals surface area contributed by atoms with E-state index in [-0.39, 0.29) is 5.02 Å². The van der Waals surface area contributed by atoms with Crippen molar-refractivity contribution in [1.29, 1.82) is 0 Å². The number of benzene rings is 2. The number of nitrogen functional groups attached to an aromatic ring is 1. The molecule has 0 bridgehead atoms. The predicted octanol–water partition coefficient (Wildman–Crippen LogP) is 4.58. The minimum atomic E-state index is -0.527. The molecule has 0 aliphatic heterocycles. The molecule has 0 atom stereocenters. The van der Waals surface area contributed by atoms with E-state index in [0.717, 1.165) is 10.2 Å². The van der Waals surface area contributed by atoms with Gasteiger partial charge in [0.05, 0.1) is 23.5 Å². The van der Waals surface area contributed by atoms with Crippen molar-refractivity contribution in [1.82, 2.24) is 0 Å². The van der Waals surface area contributed by atoms with Crippen LogP contribution in [-0.4, -0.2) is 7.11 Å². The summed E-state index contributed by atoms with van der Waals surface area (Å²) < 4.78 is 19.4. The van der Waals surface area contributed by atoms with Gasteiger partial charge in [0.2, 0.25) is 0 Å². The lowest BCUT2D eigenvalue weighted by Crippen LogP contribution is -1.98. The molecule has 2 aromatic carbocycles. The third-order valence-electron chi connectivity index (χ3n) is 2.48. The zero-order valence-electron chi connectivity index (χ0n) is 10.0. The van der Waals surface area contributed by atoms with Gasteiger partial charge in [0.25, 0.3) is 0 Å². The molecule has 3 nitrogen and oxygen atoms in total. The van der Waals surface area contributed by atoms with Crippen molar-refractivity contribution in [3.63, 3.8) is 0 Å². The molecule has 0 unspecified atom stereocenters. The molecule has 6 heteroatoms. The van der Waals surface area contributed by atoms with E-state index >= 15 is 0 Å². The van der Waals surface area contributed by atoms with E-state index in [1.165, 1.54) is 12.1 Å². The average Bonchev–Trinajstić information content (AvgIpc) is 2.35. The summed E-state index contributed by atoms with van der Waals surface area (Å²) in [6.07, 6.45) is 0. The maximum absolute atomic E-state index is 13.4. The zero-order chi connectivity index (χ0) is 14.0. The molecule has 0 radical (unpaired) electrons. The minimum Gasteiger partial charge on any atom is -0.497 e. The normalized spacial score (nSPS) is 10.3. The molecule has 3 N–H and O–H groups in total. The van der Waals surface area contributed by atoms with Gasteiger partial charge in [-0.2, -0.15) is 0 Å². The first kappa shape index (κ1) is 14.0. The summed E-state index contributed by atoms with van der Waals surface area (Å²) in [6, 6.07) is 8.04. The van der Waals surface area contributed by atoms with Gasteiger partial charge < -0.3 is 15.8 Å². The fourth-order valence-electron chi connectivity index (χ4n) is 1.58. The molecule has 0 fully saturated rings. The van der Waals surface area contributed by atoms with Crippen molar-refractivity contribution in [2.75, 3.05) is 18.2 Å². The molecular weight excluding hydrogens is 335 g/mol. The minimum absolute atomic E-state index is 0.00475. The number of nitrogens with one attached hydrogen (secondary N) is 1. The van der Waals surface area contributed by atoms with Crippen molar-refractivity contribution in [2.45, 2.75) is 0 Å². The molecule has 2 rings (SSSR count). The summed E-state index contributed by atoms with van der Waals surface area (Å²) in [6.45, 7) is 0. The van der Waals surface area contributed by atoms with Gasteiger partial charge in [-0.1, -0.05) is 27.5 Å². The predicted molar refractivity (Wildman–Crippen MR) is 79.8 cm³/mol. The van der Waals surface area contributed by atoms with Crippen molar-refractivity contribution in [2.24, 2.45) is 0 Å². The lowest BCUT2D eigenvalue weighted by molar-refractivity contribution is 0.415. The van der Waals surface area contributed by atoms with Crippen LogP contribution >= 0.6 is 27.5 Å². The molecule has 0 spiro atoms. The second-order valence-corrected chi connectivity index (χ2v) is 5.18. The highest BCUT2D eigenvalue weighted by Gasteiger charge is 2.07. The van der Waals surface area contributed by atoms with Gasteiger partial charge in [0, 0.05) is 22.3 Å². The van der Waals surface area contributed by atoms with Crippen LogP contribution in [-0.2, 0) is 0 Å². The fraction of sp³-hybridized carbons (Fsp3) is 0.0769. The van der Waals surface area contributed by atoms with Crippen molar-refractivity contribution in [3.05, 3.63) is 45.6 Å². The number of halogens is 3. The van der Waals surface area contributed by atoms with Crippen LogP contribution in [0.3, 0.4) is 0 Å². The summed E-state index contributed by atoms with van der Waals surface area (Å²) in [5.41, 5.74) is 7.32. The van der Waals surface area contributed by atoms with Gasteiger partial charge in [-0.25, -0.2) is 4.39 Å². The Morgan fingerprint density at radius 1 is 1.26 bits per heavy atom. The number of nitrogens with two attached hydrogens (primary N) is 1. The number of rotatable bonds is 3. The highest BCUT2D eigenvalue weighted by atomic mass is 79.9. The average molecular weight is 346 g/mol. The fourth-order valence-corrected chi connectivity index (χ4v) is 2.22. The van der Waals surface area contributed by atoms with E-state index in [1.807, 2.05) is 12.1 Å². The second-order valence-electron chi connectivity index (χ2n) is 3.86. The van der Waals surface area contributed by atoms with E-state index in [2.05, 4.69) is 21.2 Å². The topological polar surface area (TPSA) is 47.3 Å². The van der Waals surface area contributed by atoms with E-state index in [0.29, 0.717) is 17.1 Å². The molecule has 19 heavy (non-hydrogen) atoms. The maximum Gasteiger partial charge on any atom is 0.144 e. The number of ether oxygens (including phenoxy) is 1. The quantitative estimate of drug-likeness (QED) is 0.801. The van der Waals surface area contributed by atoms with Crippen LogP contribution in [0.1, 0.15) is 0 Å². The molecular formula is C13H11BrClFN2O. The Balaban J connectivity index is 2.36. The van der Waals surface area contributed by atoms with Crippen molar-refractivity contribution >= 4 is 44.6 Å². The van der Waals surface area contributed by atoms with Crippen molar-refractivity contribution in [3.8, 4) is 5.75 Å². The Morgan fingerprint density at radius 2 is 2.00 bits per heavy atom. The Morgan fingerprint density at radius 3 is 2.68 bits per heavy atom. The van der Waals surface area contributed by atoms with Gasteiger partial charge >= 0.3 is 0 Å². The number of hydrogen-bond acceptors (Lipinski definition) is 3. The third-order valence-corrected chi connectivity index (χ3v) is 3.23. The lowest BCUT2D eigenvalue weighted by Gasteiger charge is -2.12. The van der Waals surface area contributed by atoms with E-state index < -0.39 is 5.82 Å². The lowest BCUT2D eigenvalue weighted by atomic mass is 10.2. The van der Waals surface area contributed by atoms with Gasteiger partial charge in [-0.05, 0) is 18.2 Å². The smallest absolute Gasteiger partial charge is 0.144 e. The van der Waals surface area contributed by atoms with Crippen LogP contribution in [0.15, 0.2) is 34.8 Å². The highest BCUT2D eigenvalue weighted by Crippen LogP contribution is 2.31. The van der Waals surface area contributed by atoms with Gasteiger partial charge in [-0.3, -0.25) is 0 Å². The molecule has 0 saturated heterocycles. The third kappa shape index (κ3) is 3.30. The van der Waals surface area contributed by atoms with Crippen LogP contribution in [0.25, 0.3) is 0 Å². The van der Waals surface area contributed by atoms with E-state index in [9.17, 15) is 4.39 Å². The molecule has 0 amide bonds. The Kier molecular flexibility index (Phi) is 4.17. The summed E-state index contributed by atoms with van der Waals surface area (Å²) >= 11 is 9.02. The van der Waals surface area contributed by atoms with Crippen LogP contribution in [0.5, 0.6) is 5.75 Å². The number of methoxy groups -OCH3 is 1. The first-order chi connectivity index (χ1) is 8.99. The van der Waals surface area contributed by atoms with Gasteiger partial charge in [-0.15, -0.1) is 0 Å². The number of anilines is 3. The molecule has 0 aromatic heterocycles. The first-order valence-corrected chi connectivity index (χ1v) is 6.53. The van der Waals surface area contributed by atoms with E-state index in [4.69, 9.17) is 22.1 Å². The standard InChI is InChI=1S/C13H11BrClFN2O/c1-19-9-3-7(14)2-8(4-9)18-13-6-11(16)10(15)5-12(13)17/h2-6,18H,17H2,1H3. The monoisotopic (exact) mass is 344 g/mol. The van der Waals surface area contributed by atoms with Crippen LogP contribution in [0.4, 0.5) is 21.5 Å². The van der Waals surface area contributed by atoms with Crippen molar-refractivity contribution < 1.29 is 9.13 Å². The van der Waals surface area contributed by atoms with E-state index in [1.54, 1.807) is 13.2 Å². The SMILES string of the molecule is COc1cc(Br)cc(Nc2cc(F)c(Cl)cc2N)c1. The number of hydrogen-bond donors (Lipinski definition) is 2. The zero-order valence-corrected chi connectivity index (χ0v) is 12.3. The summed E-state index contributed by atoms with van der Waals surface area (Å²) in [5.74, 6) is 0.144. The Labute approximate surface area is 123 Å².